The second-order valence-corrected chi connectivity index (χ2v) is 7.98. The van der Waals surface area contributed by atoms with Gasteiger partial charge in [-0.1, -0.05) is 18.2 Å². The molecule has 1 aliphatic rings. The van der Waals surface area contributed by atoms with E-state index in [0.717, 1.165) is 38.2 Å². The standard InChI is InChI=1S/C24H26N4O3/c1-16-6-3-4-7-18(16)23(29)25-17-8-9-21-19(14-17)20(24(30)31)15-22(26-21)28-11-5-10-27(2)12-13-28/h3-4,6-9,14-15H,5,10-13H2,1-2H3,(H,25,29)(H,30,31). The molecule has 31 heavy (non-hydrogen) atoms. The number of anilines is 2. The Kier molecular flexibility index (Phi) is 5.86. The average Bonchev–Trinajstić information content (AvgIpc) is 2.97. The third kappa shape index (κ3) is 4.51. The number of rotatable bonds is 4. The number of benzene rings is 2. The number of carbonyl (C=O) groups is 2. The van der Waals surface area contributed by atoms with Crippen LogP contribution in [0.3, 0.4) is 0 Å². The van der Waals surface area contributed by atoms with E-state index in [1.165, 1.54) is 0 Å². The van der Waals surface area contributed by atoms with Crippen molar-refractivity contribution < 1.29 is 14.7 Å². The average molecular weight is 418 g/mol. The molecule has 3 aromatic rings. The van der Waals surface area contributed by atoms with Crippen molar-refractivity contribution in [2.75, 3.05) is 43.4 Å². The lowest BCUT2D eigenvalue weighted by molar-refractivity contribution is 0.0698. The second-order valence-electron chi connectivity index (χ2n) is 7.98. The molecule has 0 radical (unpaired) electrons. The molecule has 2 heterocycles. The number of likely N-dealkylation sites (N-methyl/N-ethyl adjacent to an activating group) is 1. The van der Waals surface area contributed by atoms with Crippen molar-refractivity contribution in [3.63, 3.8) is 0 Å². The Balaban J connectivity index is 1.67. The van der Waals surface area contributed by atoms with Gasteiger partial charge in [0.25, 0.3) is 5.91 Å². The van der Waals surface area contributed by atoms with Crippen LogP contribution in [0.5, 0.6) is 0 Å². The molecule has 1 amide bonds. The quantitative estimate of drug-likeness (QED) is 0.673. The van der Waals surface area contributed by atoms with E-state index in [1.807, 2.05) is 25.1 Å². The first-order valence-electron chi connectivity index (χ1n) is 10.4. The molecule has 0 aliphatic carbocycles. The molecule has 0 bridgehead atoms. The van der Waals surface area contributed by atoms with Crippen LogP contribution in [0.2, 0.25) is 0 Å². The van der Waals surface area contributed by atoms with Crippen LogP contribution in [0, 0.1) is 6.92 Å². The van der Waals surface area contributed by atoms with Crippen LogP contribution in [0.4, 0.5) is 11.5 Å². The van der Waals surface area contributed by atoms with E-state index in [4.69, 9.17) is 4.98 Å². The maximum atomic E-state index is 12.7. The van der Waals surface area contributed by atoms with E-state index < -0.39 is 5.97 Å². The summed E-state index contributed by atoms with van der Waals surface area (Å²) in [7, 11) is 2.09. The van der Waals surface area contributed by atoms with Gasteiger partial charge in [-0.25, -0.2) is 9.78 Å². The zero-order chi connectivity index (χ0) is 22.0. The molecule has 1 aromatic heterocycles. The second kappa shape index (κ2) is 8.73. The lowest BCUT2D eigenvalue weighted by Crippen LogP contribution is -2.29. The Hall–Kier alpha value is -3.45. The fraction of sp³-hybridized carbons (Fsp3) is 0.292. The Morgan fingerprint density at radius 1 is 1.00 bits per heavy atom. The highest BCUT2D eigenvalue weighted by Gasteiger charge is 2.19. The van der Waals surface area contributed by atoms with Gasteiger partial charge in [-0.2, -0.15) is 0 Å². The van der Waals surface area contributed by atoms with E-state index >= 15 is 0 Å². The molecule has 7 heteroatoms. The molecule has 1 saturated heterocycles. The van der Waals surface area contributed by atoms with E-state index in [1.54, 1.807) is 30.3 Å². The number of nitrogens with zero attached hydrogens (tertiary/aromatic N) is 3. The summed E-state index contributed by atoms with van der Waals surface area (Å²) in [4.78, 5) is 33.8. The normalized spacial score (nSPS) is 15.0. The minimum Gasteiger partial charge on any atom is -0.478 e. The van der Waals surface area contributed by atoms with Gasteiger partial charge in [0.1, 0.15) is 5.82 Å². The minimum atomic E-state index is -1.01. The number of carboxylic acids is 1. The largest absolute Gasteiger partial charge is 0.478 e. The van der Waals surface area contributed by atoms with Gasteiger partial charge in [0.05, 0.1) is 11.1 Å². The van der Waals surface area contributed by atoms with Crippen molar-refractivity contribution in [1.82, 2.24) is 9.88 Å². The number of aromatic nitrogens is 1. The summed E-state index contributed by atoms with van der Waals surface area (Å²) < 4.78 is 0. The maximum Gasteiger partial charge on any atom is 0.336 e. The number of carbonyl (C=O) groups excluding carboxylic acids is 1. The molecule has 2 N–H and O–H groups in total. The number of aryl methyl sites for hydroxylation is 1. The van der Waals surface area contributed by atoms with E-state index in [2.05, 4.69) is 22.2 Å². The molecule has 0 atom stereocenters. The number of hydrogen-bond acceptors (Lipinski definition) is 5. The number of nitrogens with one attached hydrogen (secondary N) is 1. The predicted molar refractivity (Wildman–Crippen MR) is 122 cm³/mol. The monoisotopic (exact) mass is 418 g/mol. The molecule has 2 aromatic carbocycles. The third-order valence-electron chi connectivity index (χ3n) is 5.72. The van der Waals surface area contributed by atoms with Gasteiger partial charge in [0.2, 0.25) is 0 Å². The lowest BCUT2D eigenvalue weighted by atomic mass is 10.1. The van der Waals surface area contributed by atoms with Gasteiger partial charge in [-0.15, -0.1) is 0 Å². The number of fused-ring (bicyclic) bond motifs is 1. The summed E-state index contributed by atoms with van der Waals surface area (Å²) in [5.41, 5.74) is 2.78. The predicted octanol–water partition coefficient (Wildman–Crippen LogP) is 3.64. The van der Waals surface area contributed by atoms with Gasteiger partial charge in [0.15, 0.2) is 0 Å². The van der Waals surface area contributed by atoms with Crippen molar-refractivity contribution in [3.05, 3.63) is 65.2 Å². The van der Waals surface area contributed by atoms with Crippen molar-refractivity contribution in [1.29, 1.82) is 0 Å². The third-order valence-corrected chi connectivity index (χ3v) is 5.72. The number of aromatic carboxylic acids is 1. The van der Waals surface area contributed by atoms with Crippen molar-refractivity contribution in [2.45, 2.75) is 13.3 Å². The highest BCUT2D eigenvalue weighted by atomic mass is 16.4. The zero-order valence-corrected chi connectivity index (χ0v) is 17.8. The maximum absolute atomic E-state index is 12.7. The summed E-state index contributed by atoms with van der Waals surface area (Å²) in [6, 6.07) is 14.2. The molecular formula is C24H26N4O3. The number of carboxylic acid groups (broad SMARTS) is 1. The first-order valence-corrected chi connectivity index (χ1v) is 10.4. The minimum absolute atomic E-state index is 0.185. The fourth-order valence-corrected chi connectivity index (χ4v) is 3.93. The first kappa shape index (κ1) is 20.8. The zero-order valence-electron chi connectivity index (χ0n) is 17.8. The Morgan fingerprint density at radius 2 is 1.81 bits per heavy atom. The smallest absolute Gasteiger partial charge is 0.336 e. The van der Waals surface area contributed by atoms with Crippen LogP contribution in [0.25, 0.3) is 10.9 Å². The van der Waals surface area contributed by atoms with Crippen LogP contribution >= 0.6 is 0 Å². The van der Waals surface area contributed by atoms with Gasteiger partial charge in [0, 0.05) is 36.3 Å². The molecule has 7 nitrogen and oxygen atoms in total. The van der Waals surface area contributed by atoms with Gasteiger partial charge in [-0.05, 0) is 62.8 Å². The van der Waals surface area contributed by atoms with Gasteiger partial charge < -0.3 is 20.2 Å². The van der Waals surface area contributed by atoms with Crippen molar-refractivity contribution >= 4 is 34.3 Å². The fourth-order valence-electron chi connectivity index (χ4n) is 3.93. The van der Waals surface area contributed by atoms with E-state index in [9.17, 15) is 14.7 Å². The van der Waals surface area contributed by atoms with Crippen LogP contribution in [0.15, 0.2) is 48.5 Å². The van der Waals surface area contributed by atoms with Crippen LogP contribution in [0.1, 0.15) is 32.7 Å². The summed E-state index contributed by atoms with van der Waals surface area (Å²) in [5, 5.41) is 13.2. The molecule has 0 spiro atoms. The van der Waals surface area contributed by atoms with Crippen LogP contribution in [-0.2, 0) is 0 Å². The Morgan fingerprint density at radius 3 is 2.58 bits per heavy atom. The van der Waals surface area contributed by atoms with Crippen molar-refractivity contribution in [2.24, 2.45) is 0 Å². The topological polar surface area (TPSA) is 85.8 Å². The molecule has 0 saturated carbocycles. The van der Waals surface area contributed by atoms with Crippen LogP contribution < -0.4 is 10.2 Å². The van der Waals surface area contributed by atoms with Crippen LogP contribution in [-0.4, -0.2) is 60.1 Å². The molecule has 4 rings (SSSR count). The first-order chi connectivity index (χ1) is 14.9. The Labute approximate surface area is 181 Å². The SMILES string of the molecule is Cc1ccccc1C(=O)Nc1ccc2nc(N3CCCN(C)CC3)cc(C(=O)O)c2c1. The number of hydrogen-bond donors (Lipinski definition) is 2. The summed E-state index contributed by atoms with van der Waals surface area (Å²) in [6.07, 6.45) is 1.00. The lowest BCUT2D eigenvalue weighted by Gasteiger charge is -2.22. The number of pyridine rings is 1. The molecule has 0 unspecified atom stereocenters. The summed E-state index contributed by atoms with van der Waals surface area (Å²) >= 11 is 0. The summed E-state index contributed by atoms with van der Waals surface area (Å²) in [5.74, 6) is -0.563. The van der Waals surface area contributed by atoms with Crippen molar-refractivity contribution in [3.8, 4) is 0 Å². The van der Waals surface area contributed by atoms with Gasteiger partial charge >= 0.3 is 5.97 Å². The highest BCUT2D eigenvalue weighted by Crippen LogP contribution is 2.27. The molecule has 1 aliphatic heterocycles. The molecule has 1 fully saturated rings. The molecule has 160 valence electrons. The Bertz CT molecular complexity index is 1140. The number of amides is 1. The molecular weight excluding hydrogens is 392 g/mol. The van der Waals surface area contributed by atoms with E-state index in [-0.39, 0.29) is 11.5 Å². The highest BCUT2D eigenvalue weighted by molar-refractivity contribution is 6.08. The van der Waals surface area contributed by atoms with E-state index in [0.29, 0.717) is 28.0 Å². The van der Waals surface area contributed by atoms with Gasteiger partial charge in [-0.3, -0.25) is 4.79 Å². The summed E-state index contributed by atoms with van der Waals surface area (Å²) in [6.45, 7) is 5.45.